The fraction of sp³-hybridized carbons (Fsp3) is 0.462. The number of amides is 1. The summed E-state index contributed by atoms with van der Waals surface area (Å²) in [5.74, 6) is 0. The minimum absolute atomic E-state index is 0.231. The summed E-state index contributed by atoms with van der Waals surface area (Å²) in [5, 5.41) is 11.3. The molecule has 2 N–H and O–H groups in total. The van der Waals surface area contributed by atoms with Crippen molar-refractivity contribution in [1.29, 1.82) is 0 Å². The molecule has 0 unspecified atom stereocenters. The van der Waals surface area contributed by atoms with Gasteiger partial charge in [0.15, 0.2) is 0 Å². The number of nitrogens with two attached hydrogens (primary N) is 1. The van der Waals surface area contributed by atoms with Crippen LogP contribution in [0, 0.1) is 0 Å². The van der Waals surface area contributed by atoms with Crippen LogP contribution >= 0.6 is 0 Å². The third-order valence-corrected chi connectivity index (χ3v) is 2.64. The van der Waals surface area contributed by atoms with Crippen LogP contribution in [0.15, 0.2) is 30.3 Å². The third kappa shape index (κ3) is 3.20. The highest BCUT2D eigenvalue weighted by Gasteiger charge is 2.28. The molecule has 1 aromatic carbocycles. The molecule has 1 atom stereocenters. The molecule has 94 valence electrons. The van der Waals surface area contributed by atoms with Crippen molar-refractivity contribution >= 4 is 6.09 Å². The minimum atomic E-state index is -1.20. The van der Waals surface area contributed by atoms with E-state index < -0.39 is 11.6 Å². The SMILES string of the molecule is CC(C)(C)N(C(=O)[O-])[C@@H](CN)c1ccccc1. The van der Waals surface area contributed by atoms with Gasteiger partial charge in [-0.2, -0.15) is 0 Å². The largest absolute Gasteiger partial charge is 0.530 e. The molecule has 0 aromatic heterocycles. The molecule has 0 saturated heterocycles. The normalized spacial score (nSPS) is 13.2. The van der Waals surface area contributed by atoms with E-state index >= 15 is 0 Å². The Morgan fingerprint density at radius 2 is 1.88 bits per heavy atom. The van der Waals surface area contributed by atoms with Gasteiger partial charge in [0.05, 0.1) is 6.04 Å². The molecule has 0 spiro atoms. The first kappa shape index (κ1) is 13.5. The Balaban J connectivity index is 3.11. The van der Waals surface area contributed by atoms with Gasteiger partial charge in [0.25, 0.3) is 0 Å². The first-order valence-electron chi connectivity index (χ1n) is 5.63. The lowest BCUT2D eigenvalue weighted by Crippen LogP contribution is -2.54. The molecule has 0 saturated carbocycles. The first-order valence-corrected chi connectivity index (χ1v) is 5.63. The predicted octanol–water partition coefficient (Wildman–Crippen LogP) is 1.13. The van der Waals surface area contributed by atoms with Crippen molar-refractivity contribution in [3.05, 3.63) is 35.9 Å². The van der Waals surface area contributed by atoms with Gasteiger partial charge in [-0.1, -0.05) is 30.3 Å². The van der Waals surface area contributed by atoms with Crippen LogP contribution in [0.2, 0.25) is 0 Å². The van der Waals surface area contributed by atoms with Gasteiger partial charge in [0, 0.05) is 12.1 Å². The van der Waals surface area contributed by atoms with E-state index in [9.17, 15) is 9.90 Å². The third-order valence-electron chi connectivity index (χ3n) is 2.64. The number of carboxylic acid groups (broad SMARTS) is 1. The van der Waals surface area contributed by atoms with Gasteiger partial charge >= 0.3 is 0 Å². The Bertz CT molecular complexity index is 371. The van der Waals surface area contributed by atoms with Gasteiger partial charge in [0.1, 0.15) is 6.09 Å². The lowest BCUT2D eigenvalue weighted by atomic mass is 9.98. The molecule has 0 heterocycles. The van der Waals surface area contributed by atoms with Crippen LogP contribution in [0.1, 0.15) is 32.4 Å². The summed E-state index contributed by atoms with van der Waals surface area (Å²) in [6.45, 7) is 5.71. The molecule has 4 nitrogen and oxygen atoms in total. The van der Waals surface area contributed by atoms with E-state index in [2.05, 4.69) is 0 Å². The number of nitrogens with zero attached hydrogens (tertiary/aromatic N) is 1. The Morgan fingerprint density at radius 3 is 2.24 bits per heavy atom. The van der Waals surface area contributed by atoms with Crippen LogP contribution in [0.5, 0.6) is 0 Å². The topological polar surface area (TPSA) is 69.4 Å². The number of rotatable bonds is 3. The maximum atomic E-state index is 11.3. The van der Waals surface area contributed by atoms with Crippen LogP contribution in [0.3, 0.4) is 0 Å². The Morgan fingerprint density at radius 1 is 1.35 bits per heavy atom. The second kappa shape index (κ2) is 5.19. The number of carbonyl (C=O) groups is 1. The Kier molecular flexibility index (Phi) is 4.12. The van der Waals surface area contributed by atoms with E-state index in [1.165, 1.54) is 4.90 Å². The molecule has 17 heavy (non-hydrogen) atoms. The van der Waals surface area contributed by atoms with E-state index in [4.69, 9.17) is 5.73 Å². The number of benzene rings is 1. The lowest BCUT2D eigenvalue weighted by molar-refractivity contribution is -0.273. The standard InChI is InChI=1S/C13H20N2O2/c1-13(2,3)15(12(16)17)11(9-14)10-7-5-4-6-8-10/h4-8,11H,9,14H2,1-3H3,(H,16,17)/p-1/t11-/m0/s1. The summed E-state index contributed by atoms with van der Waals surface area (Å²) in [5.41, 5.74) is 6.05. The van der Waals surface area contributed by atoms with Crippen LogP contribution in [-0.2, 0) is 0 Å². The van der Waals surface area contributed by atoms with E-state index in [1.807, 2.05) is 51.1 Å². The van der Waals surface area contributed by atoms with Crippen molar-refractivity contribution in [2.24, 2.45) is 5.73 Å². The zero-order valence-corrected chi connectivity index (χ0v) is 10.5. The molecule has 1 amide bonds. The molecular formula is C13H19N2O2-. The smallest absolute Gasteiger partial charge is 0.137 e. The van der Waals surface area contributed by atoms with Crippen LogP contribution in [0.25, 0.3) is 0 Å². The Hall–Kier alpha value is -1.55. The van der Waals surface area contributed by atoms with E-state index in [1.54, 1.807) is 0 Å². The Labute approximate surface area is 102 Å². The number of hydrogen-bond acceptors (Lipinski definition) is 3. The molecule has 0 radical (unpaired) electrons. The van der Waals surface area contributed by atoms with Gasteiger partial charge in [-0.15, -0.1) is 0 Å². The zero-order chi connectivity index (χ0) is 13.1. The zero-order valence-electron chi connectivity index (χ0n) is 10.5. The average Bonchev–Trinajstić information content (AvgIpc) is 2.24. The van der Waals surface area contributed by atoms with Crippen molar-refractivity contribution in [3.8, 4) is 0 Å². The van der Waals surface area contributed by atoms with Gasteiger partial charge in [-0.05, 0) is 26.3 Å². The van der Waals surface area contributed by atoms with Crippen LogP contribution in [0.4, 0.5) is 4.79 Å². The number of hydrogen-bond donors (Lipinski definition) is 1. The summed E-state index contributed by atoms with van der Waals surface area (Å²) in [6.07, 6.45) is -1.20. The minimum Gasteiger partial charge on any atom is -0.530 e. The second-order valence-corrected chi connectivity index (χ2v) is 4.97. The highest BCUT2D eigenvalue weighted by molar-refractivity contribution is 5.64. The molecule has 0 fully saturated rings. The summed E-state index contributed by atoms with van der Waals surface area (Å²) < 4.78 is 0. The summed E-state index contributed by atoms with van der Waals surface area (Å²) in [6, 6.07) is 9.00. The van der Waals surface area contributed by atoms with Crippen molar-refractivity contribution in [2.75, 3.05) is 6.54 Å². The van der Waals surface area contributed by atoms with Crippen LogP contribution in [-0.4, -0.2) is 23.1 Å². The van der Waals surface area contributed by atoms with E-state index in [0.717, 1.165) is 5.56 Å². The molecule has 0 aliphatic heterocycles. The van der Waals surface area contributed by atoms with E-state index in [0.29, 0.717) is 0 Å². The summed E-state index contributed by atoms with van der Waals surface area (Å²) in [4.78, 5) is 12.6. The maximum Gasteiger partial charge on any atom is 0.137 e. The van der Waals surface area contributed by atoms with Crippen molar-refractivity contribution in [3.63, 3.8) is 0 Å². The summed E-state index contributed by atoms with van der Waals surface area (Å²) >= 11 is 0. The number of carbonyl (C=O) groups excluding carboxylic acids is 1. The maximum absolute atomic E-state index is 11.3. The molecule has 0 aliphatic carbocycles. The van der Waals surface area contributed by atoms with Gasteiger partial charge in [-0.3, -0.25) is 0 Å². The fourth-order valence-electron chi connectivity index (χ4n) is 1.93. The summed E-state index contributed by atoms with van der Waals surface area (Å²) in [7, 11) is 0. The second-order valence-electron chi connectivity index (χ2n) is 4.97. The monoisotopic (exact) mass is 235 g/mol. The molecule has 0 bridgehead atoms. The molecular weight excluding hydrogens is 216 g/mol. The molecule has 0 aliphatic rings. The van der Waals surface area contributed by atoms with Crippen LogP contribution < -0.4 is 10.8 Å². The van der Waals surface area contributed by atoms with Gasteiger partial charge < -0.3 is 20.5 Å². The highest BCUT2D eigenvalue weighted by atomic mass is 16.4. The fourth-order valence-corrected chi connectivity index (χ4v) is 1.93. The quantitative estimate of drug-likeness (QED) is 0.853. The highest BCUT2D eigenvalue weighted by Crippen LogP contribution is 2.26. The lowest BCUT2D eigenvalue weighted by Gasteiger charge is -2.43. The molecule has 1 aromatic rings. The van der Waals surface area contributed by atoms with Gasteiger partial charge in [0.2, 0.25) is 0 Å². The molecule has 4 heteroatoms. The van der Waals surface area contributed by atoms with Gasteiger partial charge in [-0.25, -0.2) is 0 Å². The predicted molar refractivity (Wildman–Crippen MR) is 65.2 cm³/mol. The average molecular weight is 235 g/mol. The van der Waals surface area contributed by atoms with Crippen molar-refractivity contribution in [1.82, 2.24) is 4.90 Å². The van der Waals surface area contributed by atoms with Crippen molar-refractivity contribution in [2.45, 2.75) is 32.4 Å². The first-order chi connectivity index (χ1) is 7.88. The van der Waals surface area contributed by atoms with Crippen molar-refractivity contribution < 1.29 is 9.90 Å². The molecule has 1 rings (SSSR count). The van der Waals surface area contributed by atoms with E-state index in [-0.39, 0.29) is 12.6 Å².